The van der Waals surface area contributed by atoms with Crippen molar-refractivity contribution in [3.05, 3.63) is 60.1 Å². The fourth-order valence-electron chi connectivity index (χ4n) is 3.25. The molecule has 1 aliphatic rings. The summed E-state index contributed by atoms with van der Waals surface area (Å²) in [6.45, 7) is 1.56. The molecule has 1 saturated heterocycles. The van der Waals surface area contributed by atoms with Gasteiger partial charge in [0.25, 0.3) is 0 Å². The number of rotatable bonds is 6. The molecule has 2 aromatic rings. The lowest BCUT2D eigenvalue weighted by Crippen LogP contribution is -2.49. The van der Waals surface area contributed by atoms with Gasteiger partial charge in [0.2, 0.25) is 5.91 Å². The van der Waals surface area contributed by atoms with Gasteiger partial charge in [-0.3, -0.25) is 4.79 Å². The number of methoxy groups -OCH3 is 1. The van der Waals surface area contributed by atoms with E-state index in [1.165, 1.54) is 0 Å². The number of carbonyl (C=O) groups excluding carboxylic acids is 1. The normalized spacial score (nSPS) is 18.0. The van der Waals surface area contributed by atoms with Gasteiger partial charge in [-0.25, -0.2) is 0 Å². The minimum absolute atomic E-state index is 0.0191. The largest absolute Gasteiger partial charge is 0.467 e. The summed E-state index contributed by atoms with van der Waals surface area (Å²) in [5.74, 6) is 0.726. The zero-order chi connectivity index (χ0) is 16.8. The molecule has 5 heteroatoms. The molecule has 1 N–H and O–H groups in total. The summed E-state index contributed by atoms with van der Waals surface area (Å²) in [7, 11) is 1.61. The van der Waals surface area contributed by atoms with Crippen molar-refractivity contribution in [3.63, 3.8) is 0 Å². The Morgan fingerprint density at radius 2 is 1.96 bits per heavy atom. The fraction of sp³-hybridized carbons (Fsp3) is 0.421. The molecule has 128 valence electrons. The molecule has 0 radical (unpaired) electrons. The third kappa shape index (κ3) is 3.37. The van der Waals surface area contributed by atoms with Gasteiger partial charge in [-0.1, -0.05) is 30.3 Å². The molecule has 2 heterocycles. The molecule has 1 aromatic heterocycles. The second-order valence-electron chi connectivity index (χ2n) is 6.01. The molecular weight excluding hydrogens is 306 g/mol. The highest BCUT2D eigenvalue weighted by molar-refractivity contribution is 5.88. The molecule has 24 heavy (non-hydrogen) atoms. The summed E-state index contributed by atoms with van der Waals surface area (Å²) in [6, 6.07) is 13.6. The number of amides is 1. The Labute approximate surface area is 141 Å². The third-order valence-electron chi connectivity index (χ3n) is 4.70. The number of hydrogen-bond donors (Lipinski definition) is 1. The van der Waals surface area contributed by atoms with Crippen LogP contribution in [-0.4, -0.2) is 32.8 Å². The lowest BCUT2D eigenvalue weighted by molar-refractivity contribution is -0.131. The van der Waals surface area contributed by atoms with Gasteiger partial charge in [0.15, 0.2) is 0 Å². The van der Waals surface area contributed by atoms with E-state index in [0.717, 1.165) is 5.56 Å². The molecule has 1 aromatic carbocycles. The van der Waals surface area contributed by atoms with E-state index in [4.69, 9.17) is 13.9 Å². The second-order valence-corrected chi connectivity index (χ2v) is 6.01. The standard InChI is InChI=1S/C19H23NO4/c1-22-17(16-8-5-11-24-16)14-20-18(21)19(9-12-23-13-10-19)15-6-3-2-4-7-15/h2-8,11,17H,9-10,12-14H2,1H3,(H,20,21). The third-order valence-corrected chi connectivity index (χ3v) is 4.70. The van der Waals surface area contributed by atoms with Gasteiger partial charge in [0.1, 0.15) is 11.9 Å². The molecule has 0 spiro atoms. The Bertz CT molecular complexity index is 633. The highest BCUT2D eigenvalue weighted by Gasteiger charge is 2.41. The summed E-state index contributed by atoms with van der Waals surface area (Å²) in [5, 5.41) is 3.05. The van der Waals surface area contributed by atoms with Crippen molar-refractivity contribution in [2.45, 2.75) is 24.4 Å². The minimum Gasteiger partial charge on any atom is -0.467 e. The molecule has 5 nitrogen and oxygen atoms in total. The van der Waals surface area contributed by atoms with E-state index < -0.39 is 5.41 Å². The number of benzene rings is 1. The highest BCUT2D eigenvalue weighted by atomic mass is 16.5. The minimum atomic E-state index is -0.541. The second kappa shape index (κ2) is 7.64. The van der Waals surface area contributed by atoms with Crippen molar-refractivity contribution in [1.29, 1.82) is 0 Å². The lowest BCUT2D eigenvalue weighted by atomic mass is 9.73. The molecule has 0 bridgehead atoms. The van der Waals surface area contributed by atoms with Crippen LogP contribution in [0.2, 0.25) is 0 Å². The van der Waals surface area contributed by atoms with Gasteiger partial charge >= 0.3 is 0 Å². The number of carbonyl (C=O) groups is 1. The SMILES string of the molecule is COC(CNC(=O)C1(c2ccccc2)CCOCC1)c1ccco1. The maximum Gasteiger partial charge on any atom is 0.230 e. The maximum atomic E-state index is 13.1. The molecule has 1 unspecified atom stereocenters. The highest BCUT2D eigenvalue weighted by Crippen LogP contribution is 2.35. The van der Waals surface area contributed by atoms with Gasteiger partial charge < -0.3 is 19.2 Å². The topological polar surface area (TPSA) is 60.7 Å². The zero-order valence-corrected chi connectivity index (χ0v) is 13.9. The number of ether oxygens (including phenoxy) is 2. The Hall–Kier alpha value is -2.11. The fourth-order valence-corrected chi connectivity index (χ4v) is 3.25. The van der Waals surface area contributed by atoms with E-state index >= 15 is 0 Å². The van der Waals surface area contributed by atoms with Crippen LogP contribution in [0.4, 0.5) is 0 Å². The summed E-state index contributed by atoms with van der Waals surface area (Å²) < 4.78 is 16.3. The average Bonchev–Trinajstić information content (AvgIpc) is 3.18. The van der Waals surface area contributed by atoms with Crippen LogP contribution in [-0.2, 0) is 19.7 Å². The van der Waals surface area contributed by atoms with Gasteiger partial charge in [-0.15, -0.1) is 0 Å². The van der Waals surface area contributed by atoms with Crippen LogP contribution < -0.4 is 5.32 Å². The van der Waals surface area contributed by atoms with Crippen LogP contribution in [0, 0.1) is 0 Å². The van der Waals surface area contributed by atoms with Crippen LogP contribution in [0.25, 0.3) is 0 Å². The maximum absolute atomic E-state index is 13.1. The lowest BCUT2D eigenvalue weighted by Gasteiger charge is -2.36. The summed E-state index contributed by atoms with van der Waals surface area (Å²) >= 11 is 0. The van der Waals surface area contributed by atoms with Crippen LogP contribution in [0.15, 0.2) is 53.1 Å². The first-order valence-electron chi connectivity index (χ1n) is 8.24. The Balaban J connectivity index is 1.75. The van der Waals surface area contributed by atoms with Crippen molar-refractivity contribution in [2.24, 2.45) is 0 Å². The molecule has 1 amide bonds. The average molecular weight is 329 g/mol. The Morgan fingerprint density at radius 1 is 1.21 bits per heavy atom. The summed E-state index contributed by atoms with van der Waals surface area (Å²) in [4.78, 5) is 13.1. The summed E-state index contributed by atoms with van der Waals surface area (Å²) in [5.41, 5.74) is 0.499. The van der Waals surface area contributed by atoms with Gasteiger partial charge in [-0.2, -0.15) is 0 Å². The number of hydrogen-bond acceptors (Lipinski definition) is 4. The van der Waals surface area contributed by atoms with Crippen molar-refractivity contribution in [3.8, 4) is 0 Å². The Kier molecular flexibility index (Phi) is 5.33. The van der Waals surface area contributed by atoms with Crippen molar-refractivity contribution in [1.82, 2.24) is 5.32 Å². The zero-order valence-electron chi connectivity index (χ0n) is 13.9. The molecular formula is C19H23NO4. The Morgan fingerprint density at radius 3 is 2.58 bits per heavy atom. The number of furan rings is 1. The van der Waals surface area contributed by atoms with Crippen LogP contribution in [0.5, 0.6) is 0 Å². The first-order chi connectivity index (χ1) is 11.8. The number of nitrogens with one attached hydrogen (secondary N) is 1. The smallest absolute Gasteiger partial charge is 0.230 e. The first kappa shape index (κ1) is 16.7. The van der Waals surface area contributed by atoms with Gasteiger partial charge in [-0.05, 0) is 30.5 Å². The van der Waals surface area contributed by atoms with E-state index in [-0.39, 0.29) is 12.0 Å². The molecule has 3 rings (SSSR count). The predicted octanol–water partition coefficient (Wildman–Crippen LogP) is 2.83. The molecule has 1 aliphatic heterocycles. The van der Waals surface area contributed by atoms with Crippen molar-refractivity contribution < 1.29 is 18.7 Å². The van der Waals surface area contributed by atoms with Crippen molar-refractivity contribution in [2.75, 3.05) is 26.9 Å². The molecule has 0 saturated carbocycles. The quantitative estimate of drug-likeness (QED) is 0.885. The van der Waals surface area contributed by atoms with Crippen LogP contribution in [0.3, 0.4) is 0 Å². The van der Waals surface area contributed by atoms with E-state index in [1.54, 1.807) is 13.4 Å². The molecule has 0 aliphatic carbocycles. The first-order valence-corrected chi connectivity index (χ1v) is 8.24. The van der Waals surface area contributed by atoms with Gasteiger partial charge in [0.05, 0.1) is 18.2 Å². The van der Waals surface area contributed by atoms with E-state index in [9.17, 15) is 4.79 Å². The summed E-state index contributed by atoms with van der Waals surface area (Å²) in [6.07, 6.45) is 2.67. The van der Waals surface area contributed by atoms with Crippen LogP contribution in [0.1, 0.15) is 30.3 Å². The monoisotopic (exact) mass is 329 g/mol. The van der Waals surface area contributed by atoms with E-state index in [2.05, 4.69) is 5.32 Å². The van der Waals surface area contributed by atoms with E-state index in [0.29, 0.717) is 38.4 Å². The molecule has 1 atom stereocenters. The van der Waals surface area contributed by atoms with Crippen LogP contribution >= 0.6 is 0 Å². The van der Waals surface area contributed by atoms with E-state index in [1.807, 2.05) is 42.5 Å². The van der Waals surface area contributed by atoms with Gasteiger partial charge in [0, 0.05) is 20.3 Å². The molecule has 1 fully saturated rings. The van der Waals surface area contributed by atoms with Crippen molar-refractivity contribution >= 4 is 5.91 Å². The predicted molar refractivity (Wildman–Crippen MR) is 89.6 cm³/mol.